The van der Waals surface area contributed by atoms with E-state index in [0.29, 0.717) is 5.75 Å². The number of hydrogen-bond acceptors (Lipinski definition) is 6. The zero-order valence-corrected chi connectivity index (χ0v) is 19.2. The van der Waals surface area contributed by atoms with Crippen LogP contribution in [0.2, 0.25) is 0 Å². The van der Waals surface area contributed by atoms with E-state index in [9.17, 15) is 5.11 Å². The number of aromatic nitrogens is 3. The maximum atomic E-state index is 10.5. The second-order valence-corrected chi connectivity index (χ2v) is 9.44. The lowest BCUT2D eigenvalue weighted by Crippen LogP contribution is -2.20. The number of rotatable bonds is 9. The van der Waals surface area contributed by atoms with Crippen molar-refractivity contribution < 1.29 is 9.84 Å². The fourth-order valence-electron chi connectivity index (χ4n) is 3.34. The van der Waals surface area contributed by atoms with Crippen LogP contribution in [0.15, 0.2) is 71.2 Å². The fourth-order valence-corrected chi connectivity index (χ4v) is 4.92. The molecule has 0 fully saturated rings. The Kier molecular flexibility index (Phi) is 7.06. The third-order valence-electron chi connectivity index (χ3n) is 4.67. The number of para-hydroxylation sites is 1. The van der Waals surface area contributed by atoms with Gasteiger partial charge in [-0.3, -0.25) is 4.57 Å². The van der Waals surface area contributed by atoms with Crippen LogP contribution in [-0.2, 0) is 6.42 Å². The molecule has 2 aromatic heterocycles. The number of thioether (sulfide) groups is 1. The van der Waals surface area contributed by atoms with Crippen molar-refractivity contribution in [2.24, 2.45) is 0 Å². The van der Waals surface area contributed by atoms with Gasteiger partial charge in [0.1, 0.15) is 18.2 Å². The standard InChI is InChI=1S/C24H25N3O2S2/c1-17-11-18(2)13-21(12-17)29-15-20(28)16-31-24-26-25-23(14-22-9-6-10-30-22)27(24)19-7-4-3-5-8-19/h3-13,20,28H,14-16H2,1-2H3. The second kappa shape index (κ2) is 10.1. The van der Waals surface area contributed by atoms with Crippen LogP contribution in [0.25, 0.3) is 5.69 Å². The van der Waals surface area contributed by atoms with E-state index >= 15 is 0 Å². The molecule has 160 valence electrons. The number of aliphatic hydroxyl groups is 1. The summed E-state index contributed by atoms with van der Waals surface area (Å²) in [5, 5.41) is 22.2. The van der Waals surface area contributed by atoms with Gasteiger partial charge in [0.15, 0.2) is 5.16 Å². The molecule has 0 radical (unpaired) electrons. The maximum Gasteiger partial charge on any atom is 0.195 e. The predicted octanol–water partition coefficient (Wildman–Crippen LogP) is 5.07. The molecule has 2 aromatic carbocycles. The lowest BCUT2D eigenvalue weighted by Gasteiger charge is -2.14. The zero-order chi connectivity index (χ0) is 21.6. The van der Waals surface area contributed by atoms with Gasteiger partial charge in [0.05, 0.1) is 6.10 Å². The largest absolute Gasteiger partial charge is 0.491 e. The summed E-state index contributed by atoms with van der Waals surface area (Å²) in [6.07, 6.45) is 0.103. The van der Waals surface area contributed by atoms with E-state index in [4.69, 9.17) is 4.74 Å². The van der Waals surface area contributed by atoms with Crippen LogP contribution in [0.5, 0.6) is 5.75 Å². The molecule has 1 N–H and O–H groups in total. The Bertz CT molecular complexity index is 1090. The van der Waals surface area contributed by atoms with Gasteiger partial charge in [-0.05, 0) is 60.7 Å². The highest BCUT2D eigenvalue weighted by molar-refractivity contribution is 7.99. The van der Waals surface area contributed by atoms with Gasteiger partial charge in [-0.1, -0.05) is 42.1 Å². The third kappa shape index (κ3) is 5.76. The van der Waals surface area contributed by atoms with Crippen molar-refractivity contribution in [3.63, 3.8) is 0 Å². The molecule has 7 heteroatoms. The Morgan fingerprint density at radius 3 is 2.52 bits per heavy atom. The molecular weight excluding hydrogens is 426 g/mol. The molecule has 1 atom stereocenters. The molecule has 0 aliphatic heterocycles. The van der Waals surface area contributed by atoms with Crippen molar-refractivity contribution in [3.8, 4) is 11.4 Å². The molecule has 0 amide bonds. The molecule has 2 heterocycles. The third-order valence-corrected chi connectivity index (χ3v) is 6.62. The van der Waals surface area contributed by atoms with Crippen molar-refractivity contribution in [3.05, 3.63) is 87.9 Å². The van der Waals surface area contributed by atoms with Gasteiger partial charge < -0.3 is 9.84 Å². The van der Waals surface area contributed by atoms with Gasteiger partial charge in [-0.15, -0.1) is 21.5 Å². The van der Waals surface area contributed by atoms with E-state index in [1.807, 2.05) is 62.4 Å². The van der Waals surface area contributed by atoms with Gasteiger partial charge in [0, 0.05) is 22.7 Å². The van der Waals surface area contributed by atoms with Crippen molar-refractivity contribution in [1.82, 2.24) is 14.8 Å². The molecule has 5 nitrogen and oxygen atoms in total. The first-order valence-corrected chi connectivity index (χ1v) is 12.0. The van der Waals surface area contributed by atoms with E-state index < -0.39 is 6.10 Å². The number of thiophene rings is 1. The van der Waals surface area contributed by atoms with Crippen LogP contribution in [0.3, 0.4) is 0 Å². The van der Waals surface area contributed by atoms with Crippen molar-refractivity contribution in [1.29, 1.82) is 0 Å². The molecule has 4 rings (SSSR count). The average molecular weight is 452 g/mol. The van der Waals surface area contributed by atoms with Crippen LogP contribution < -0.4 is 4.74 Å². The highest BCUT2D eigenvalue weighted by atomic mass is 32.2. The molecule has 4 aromatic rings. The van der Waals surface area contributed by atoms with Crippen molar-refractivity contribution in [2.75, 3.05) is 12.4 Å². The summed E-state index contributed by atoms with van der Waals surface area (Å²) in [7, 11) is 0. The Labute approximate surface area is 190 Å². The highest BCUT2D eigenvalue weighted by Crippen LogP contribution is 2.25. The molecule has 0 spiro atoms. The van der Waals surface area contributed by atoms with Gasteiger partial charge in [0.2, 0.25) is 0 Å². The van der Waals surface area contributed by atoms with Gasteiger partial charge >= 0.3 is 0 Å². The summed E-state index contributed by atoms with van der Waals surface area (Å²) in [5.74, 6) is 2.14. The summed E-state index contributed by atoms with van der Waals surface area (Å²) in [6, 6.07) is 20.3. The SMILES string of the molecule is Cc1cc(C)cc(OCC(O)CSc2nnc(Cc3cccs3)n2-c2ccccc2)c1. The summed E-state index contributed by atoms with van der Waals surface area (Å²) >= 11 is 3.20. The van der Waals surface area contributed by atoms with E-state index in [1.54, 1.807) is 11.3 Å². The first-order valence-electron chi connectivity index (χ1n) is 10.1. The molecule has 0 saturated carbocycles. The average Bonchev–Trinajstić information content (AvgIpc) is 3.41. The summed E-state index contributed by atoms with van der Waals surface area (Å²) in [4.78, 5) is 1.24. The Hall–Kier alpha value is -2.61. The monoisotopic (exact) mass is 451 g/mol. The first-order chi connectivity index (χ1) is 15.1. The molecule has 0 saturated heterocycles. The number of hydrogen-bond donors (Lipinski definition) is 1. The summed E-state index contributed by atoms with van der Waals surface area (Å²) < 4.78 is 7.87. The van der Waals surface area contributed by atoms with Crippen LogP contribution in [0.4, 0.5) is 0 Å². The molecule has 0 aliphatic rings. The predicted molar refractivity (Wildman–Crippen MR) is 127 cm³/mol. The number of aliphatic hydroxyl groups excluding tert-OH is 1. The lowest BCUT2D eigenvalue weighted by molar-refractivity contribution is 0.126. The molecule has 0 bridgehead atoms. The van der Waals surface area contributed by atoms with E-state index in [1.165, 1.54) is 16.6 Å². The van der Waals surface area contributed by atoms with Crippen molar-refractivity contribution >= 4 is 23.1 Å². The molecule has 0 aliphatic carbocycles. The second-order valence-electron chi connectivity index (χ2n) is 7.43. The quantitative estimate of drug-likeness (QED) is 0.360. The van der Waals surface area contributed by atoms with E-state index in [2.05, 4.69) is 32.3 Å². The highest BCUT2D eigenvalue weighted by Gasteiger charge is 2.17. The Morgan fingerprint density at radius 2 is 1.81 bits per heavy atom. The molecular formula is C24H25N3O2S2. The number of nitrogens with zero attached hydrogens (tertiary/aromatic N) is 3. The van der Waals surface area contributed by atoms with E-state index in [-0.39, 0.29) is 6.61 Å². The zero-order valence-electron chi connectivity index (χ0n) is 17.6. The van der Waals surface area contributed by atoms with Gasteiger partial charge in [-0.2, -0.15) is 0 Å². The summed E-state index contributed by atoms with van der Waals surface area (Å²) in [6.45, 7) is 4.31. The van der Waals surface area contributed by atoms with Crippen molar-refractivity contribution in [2.45, 2.75) is 31.5 Å². The Balaban J connectivity index is 1.44. The normalized spacial score (nSPS) is 12.1. The fraction of sp³-hybridized carbons (Fsp3) is 0.250. The number of benzene rings is 2. The van der Waals surface area contributed by atoms with E-state index in [0.717, 1.165) is 40.0 Å². The van der Waals surface area contributed by atoms with Crippen LogP contribution in [-0.4, -0.2) is 38.3 Å². The topological polar surface area (TPSA) is 60.2 Å². The number of ether oxygens (including phenoxy) is 1. The van der Waals surface area contributed by atoms with Crippen LogP contribution in [0.1, 0.15) is 21.8 Å². The minimum atomic E-state index is -0.618. The van der Waals surface area contributed by atoms with Crippen LogP contribution >= 0.6 is 23.1 Å². The minimum Gasteiger partial charge on any atom is -0.491 e. The van der Waals surface area contributed by atoms with Crippen LogP contribution in [0, 0.1) is 13.8 Å². The van der Waals surface area contributed by atoms with Gasteiger partial charge in [-0.25, -0.2) is 0 Å². The lowest BCUT2D eigenvalue weighted by atomic mass is 10.1. The smallest absolute Gasteiger partial charge is 0.195 e. The summed E-state index contributed by atoms with van der Waals surface area (Å²) in [5.41, 5.74) is 3.31. The van der Waals surface area contributed by atoms with Gasteiger partial charge in [0.25, 0.3) is 0 Å². The minimum absolute atomic E-state index is 0.234. The molecule has 31 heavy (non-hydrogen) atoms. The molecule has 1 unspecified atom stereocenters. The first kappa shape index (κ1) is 21.6. The Morgan fingerprint density at radius 1 is 1.03 bits per heavy atom. The maximum absolute atomic E-state index is 10.5. The number of aryl methyl sites for hydroxylation is 2.